The number of hydrogen-bond donors (Lipinski definition) is 0. The number of nitrogens with zero attached hydrogens (tertiary/aromatic N) is 3. The maximum absolute atomic E-state index is 12.8. The van der Waals surface area contributed by atoms with Crippen LogP contribution in [0.25, 0.3) is 0 Å². The highest BCUT2D eigenvalue weighted by Gasteiger charge is 2.32. The molecule has 3 rings (SSSR count). The third-order valence-electron chi connectivity index (χ3n) is 3.27. The summed E-state index contributed by atoms with van der Waals surface area (Å²) in [6.45, 7) is 0.797. The molecule has 6 nitrogen and oxygen atoms in total. The van der Waals surface area contributed by atoms with E-state index in [1.165, 1.54) is 15.2 Å². The SMILES string of the molecule is Cn1cnc(S(=O)(=O)N2CCCOc3ccccc32)c1Cl. The smallest absolute Gasteiger partial charge is 0.285 e. The highest BCUT2D eigenvalue weighted by Crippen LogP contribution is 2.35. The Kier molecular flexibility index (Phi) is 3.54. The van der Waals surface area contributed by atoms with Gasteiger partial charge in [0.2, 0.25) is 5.03 Å². The number of aryl methyl sites for hydroxylation is 1. The Bertz CT molecular complexity index is 773. The van der Waals surface area contributed by atoms with E-state index in [1.807, 2.05) is 6.07 Å². The quantitative estimate of drug-likeness (QED) is 0.847. The first kappa shape index (κ1) is 14.2. The number of rotatable bonds is 2. The van der Waals surface area contributed by atoms with Crippen molar-refractivity contribution >= 4 is 27.3 Å². The van der Waals surface area contributed by atoms with Crippen LogP contribution >= 0.6 is 11.6 Å². The number of anilines is 1. The monoisotopic (exact) mass is 327 g/mol. The van der Waals surface area contributed by atoms with Crippen molar-refractivity contribution in [3.05, 3.63) is 35.7 Å². The standard InChI is InChI=1S/C13H14ClN3O3S/c1-16-9-15-13(12(16)14)21(18,19)17-7-4-8-20-11-6-3-2-5-10(11)17/h2-3,5-6,9H,4,7-8H2,1H3. The lowest BCUT2D eigenvalue weighted by atomic mass is 10.3. The molecule has 0 radical (unpaired) electrons. The van der Waals surface area contributed by atoms with Crippen LogP contribution in [0.4, 0.5) is 5.69 Å². The van der Waals surface area contributed by atoms with Crippen molar-refractivity contribution in [1.29, 1.82) is 0 Å². The molecule has 8 heteroatoms. The lowest BCUT2D eigenvalue weighted by molar-refractivity contribution is 0.322. The van der Waals surface area contributed by atoms with Gasteiger partial charge in [-0.15, -0.1) is 0 Å². The van der Waals surface area contributed by atoms with E-state index in [-0.39, 0.29) is 10.2 Å². The average molecular weight is 328 g/mol. The molecule has 0 saturated carbocycles. The molecule has 112 valence electrons. The van der Waals surface area contributed by atoms with Crippen LogP contribution in [0.2, 0.25) is 5.15 Å². The number of sulfonamides is 1. The Hall–Kier alpha value is -1.73. The lowest BCUT2D eigenvalue weighted by Gasteiger charge is -2.22. The van der Waals surface area contributed by atoms with Crippen LogP contribution in [-0.4, -0.2) is 31.1 Å². The summed E-state index contributed by atoms with van der Waals surface area (Å²) in [6.07, 6.45) is 1.98. The van der Waals surface area contributed by atoms with Crippen molar-refractivity contribution < 1.29 is 13.2 Å². The van der Waals surface area contributed by atoms with Crippen molar-refractivity contribution in [3.63, 3.8) is 0 Å². The van der Waals surface area contributed by atoms with E-state index in [4.69, 9.17) is 16.3 Å². The fraction of sp³-hybridized carbons (Fsp3) is 0.308. The van der Waals surface area contributed by atoms with Gasteiger partial charge in [0.15, 0.2) is 0 Å². The van der Waals surface area contributed by atoms with Crippen LogP contribution in [0, 0.1) is 0 Å². The Balaban J connectivity index is 2.13. The van der Waals surface area contributed by atoms with Crippen LogP contribution in [-0.2, 0) is 17.1 Å². The van der Waals surface area contributed by atoms with Crippen molar-refractivity contribution in [2.45, 2.75) is 11.4 Å². The second-order valence-corrected chi connectivity index (χ2v) is 6.83. The van der Waals surface area contributed by atoms with E-state index in [2.05, 4.69) is 4.98 Å². The van der Waals surface area contributed by atoms with Gasteiger partial charge in [-0.1, -0.05) is 23.7 Å². The summed E-state index contributed by atoms with van der Waals surface area (Å²) >= 11 is 6.04. The van der Waals surface area contributed by atoms with Crippen LogP contribution in [0.1, 0.15) is 6.42 Å². The maximum Gasteiger partial charge on any atom is 0.285 e. The molecule has 1 aromatic heterocycles. The molecule has 1 aliphatic heterocycles. The Labute approximate surface area is 128 Å². The molecule has 0 amide bonds. The number of ether oxygens (including phenoxy) is 1. The minimum Gasteiger partial charge on any atom is -0.491 e. The van der Waals surface area contributed by atoms with Crippen LogP contribution in [0.15, 0.2) is 35.6 Å². The van der Waals surface area contributed by atoms with Gasteiger partial charge in [0.1, 0.15) is 10.9 Å². The highest BCUT2D eigenvalue weighted by molar-refractivity contribution is 7.92. The molecule has 0 N–H and O–H groups in total. The van der Waals surface area contributed by atoms with Crippen molar-refractivity contribution in [2.24, 2.45) is 7.05 Å². The molecule has 0 spiro atoms. The lowest BCUT2D eigenvalue weighted by Crippen LogP contribution is -2.32. The van der Waals surface area contributed by atoms with E-state index in [0.29, 0.717) is 31.0 Å². The van der Waals surface area contributed by atoms with Gasteiger partial charge >= 0.3 is 0 Å². The molecule has 21 heavy (non-hydrogen) atoms. The van der Waals surface area contributed by atoms with Gasteiger partial charge in [-0.2, -0.15) is 8.42 Å². The zero-order valence-corrected chi connectivity index (χ0v) is 12.9. The summed E-state index contributed by atoms with van der Waals surface area (Å²) in [7, 11) is -2.17. The molecule has 0 unspecified atom stereocenters. The molecule has 0 fully saturated rings. The van der Waals surface area contributed by atoms with Crippen LogP contribution < -0.4 is 9.04 Å². The first-order valence-corrected chi connectivity index (χ1v) is 8.25. The number of para-hydroxylation sites is 2. The molecule has 2 heterocycles. The van der Waals surface area contributed by atoms with E-state index in [1.54, 1.807) is 25.2 Å². The van der Waals surface area contributed by atoms with E-state index in [9.17, 15) is 8.42 Å². The van der Waals surface area contributed by atoms with Crippen molar-refractivity contribution in [3.8, 4) is 5.75 Å². The Morgan fingerprint density at radius 3 is 2.81 bits per heavy atom. The normalized spacial score (nSPS) is 15.2. The molecule has 0 aliphatic carbocycles. The van der Waals surface area contributed by atoms with Crippen LogP contribution in [0.5, 0.6) is 5.75 Å². The highest BCUT2D eigenvalue weighted by atomic mass is 35.5. The summed E-state index contributed by atoms with van der Waals surface area (Å²) in [5.74, 6) is 0.547. The van der Waals surface area contributed by atoms with E-state index >= 15 is 0 Å². The van der Waals surface area contributed by atoms with Gasteiger partial charge in [-0.05, 0) is 12.1 Å². The van der Waals surface area contributed by atoms with Crippen LogP contribution in [0.3, 0.4) is 0 Å². The molecule has 0 bridgehead atoms. The largest absolute Gasteiger partial charge is 0.491 e. The second-order valence-electron chi connectivity index (χ2n) is 4.70. The van der Waals surface area contributed by atoms with Gasteiger partial charge in [0, 0.05) is 20.0 Å². The first-order valence-electron chi connectivity index (χ1n) is 6.43. The van der Waals surface area contributed by atoms with Gasteiger partial charge < -0.3 is 9.30 Å². The van der Waals surface area contributed by atoms with E-state index in [0.717, 1.165) is 0 Å². The van der Waals surface area contributed by atoms with Crippen molar-refractivity contribution in [1.82, 2.24) is 9.55 Å². The van der Waals surface area contributed by atoms with Gasteiger partial charge in [-0.3, -0.25) is 4.31 Å². The number of imidazole rings is 1. The number of hydrogen-bond acceptors (Lipinski definition) is 4. The van der Waals surface area contributed by atoms with E-state index < -0.39 is 10.0 Å². The fourth-order valence-corrected chi connectivity index (χ4v) is 4.13. The second kappa shape index (κ2) is 5.23. The average Bonchev–Trinajstić information content (AvgIpc) is 2.70. The Morgan fingerprint density at radius 2 is 2.10 bits per heavy atom. The predicted molar refractivity (Wildman–Crippen MR) is 79.3 cm³/mol. The molecule has 0 saturated heterocycles. The van der Waals surface area contributed by atoms with Gasteiger partial charge in [0.05, 0.1) is 18.6 Å². The topological polar surface area (TPSA) is 64.4 Å². The maximum atomic E-state index is 12.8. The van der Waals surface area contributed by atoms with Gasteiger partial charge in [0.25, 0.3) is 10.0 Å². The molecule has 2 aromatic rings. The number of aromatic nitrogens is 2. The third-order valence-corrected chi connectivity index (χ3v) is 5.57. The van der Waals surface area contributed by atoms with Crippen molar-refractivity contribution in [2.75, 3.05) is 17.5 Å². The number of halogens is 1. The summed E-state index contributed by atoms with van der Waals surface area (Å²) in [4.78, 5) is 3.93. The molecule has 1 aromatic carbocycles. The number of fused-ring (bicyclic) bond motifs is 1. The molecule has 0 atom stereocenters. The predicted octanol–water partition coefficient (Wildman–Crippen LogP) is 2.05. The minimum absolute atomic E-state index is 0.0950. The molecule has 1 aliphatic rings. The third kappa shape index (κ3) is 2.36. The summed E-state index contributed by atoms with van der Waals surface area (Å²) in [6, 6.07) is 7.05. The summed E-state index contributed by atoms with van der Waals surface area (Å²) in [5, 5.41) is -0.0407. The zero-order chi connectivity index (χ0) is 15.0. The number of benzene rings is 1. The molecular weight excluding hydrogens is 314 g/mol. The zero-order valence-electron chi connectivity index (χ0n) is 11.4. The fourth-order valence-electron chi connectivity index (χ4n) is 2.22. The Morgan fingerprint density at radius 1 is 1.33 bits per heavy atom. The minimum atomic E-state index is -3.82. The first-order chi connectivity index (χ1) is 10.0. The summed E-state index contributed by atoms with van der Waals surface area (Å²) < 4.78 is 34.1. The van der Waals surface area contributed by atoms with Gasteiger partial charge in [-0.25, -0.2) is 4.98 Å². The summed E-state index contributed by atoms with van der Waals surface area (Å²) in [5.41, 5.74) is 0.511. The molecular formula is C13H14ClN3O3S.